The van der Waals surface area contributed by atoms with Gasteiger partial charge in [0.15, 0.2) is 0 Å². The maximum absolute atomic E-state index is 13.1. The summed E-state index contributed by atoms with van der Waals surface area (Å²) < 4.78 is 13.1. The van der Waals surface area contributed by atoms with Gasteiger partial charge in [0, 0.05) is 23.7 Å². The van der Waals surface area contributed by atoms with E-state index in [1.54, 1.807) is 6.92 Å². The van der Waals surface area contributed by atoms with E-state index in [2.05, 4.69) is 0 Å². The predicted octanol–water partition coefficient (Wildman–Crippen LogP) is 1.65. The Morgan fingerprint density at radius 2 is 2.08 bits per heavy atom. The van der Waals surface area contributed by atoms with Crippen molar-refractivity contribution >= 4 is 0 Å². The molecule has 0 bridgehead atoms. The fourth-order valence-corrected chi connectivity index (χ4v) is 1.16. The number of benzene rings is 1. The lowest BCUT2D eigenvalue weighted by Crippen LogP contribution is -2.10. The molecule has 1 aromatic rings. The summed E-state index contributed by atoms with van der Waals surface area (Å²) in [5, 5.41) is 18.2. The highest BCUT2D eigenvalue weighted by molar-refractivity contribution is 5.41. The second-order valence-corrected chi connectivity index (χ2v) is 2.88. The van der Waals surface area contributed by atoms with Crippen molar-refractivity contribution in [3.05, 3.63) is 23.5 Å². The number of aromatic hydroxyl groups is 2. The van der Waals surface area contributed by atoms with Gasteiger partial charge in [0.2, 0.25) is 0 Å². The van der Waals surface area contributed by atoms with Gasteiger partial charge < -0.3 is 15.9 Å². The van der Waals surface area contributed by atoms with Gasteiger partial charge in [-0.15, -0.1) is 0 Å². The van der Waals surface area contributed by atoms with Gasteiger partial charge in [0.25, 0.3) is 0 Å². The minimum absolute atomic E-state index is 0.0558. The Balaban J connectivity index is 3.20. The van der Waals surface area contributed by atoms with Crippen molar-refractivity contribution in [2.24, 2.45) is 5.73 Å². The van der Waals surface area contributed by atoms with Gasteiger partial charge in [-0.25, -0.2) is 4.39 Å². The summed E-state index contributed by atoms with van der Waals surface area (Å²) in [4.78, 5) is 0. The first-order valence-corrected chi connectivity index (χ1v) is 4.03. The number of hydrogen-bond acceptors (Lipinski definition) is 3. The number of halogens is 1. The van der Waals surface area contributed by atoms with Crippen LogP contribution in [0.25, 0.3) is 0 Å². The molecule has 1 aromatic carbocycles. The molecule has 0 radical (unpaired) electrons. The summed E-state index contributed by atoms with van der Waals surface area (Å²) in [6.45, 7) is 1.79. The Labute approximate surface area is 75.6 Å². The first kappa shape index (κ1) is 9.80. The van der Waals surface area contributed by atoms with Crippen LogP contribution in [0.4, 0.5) is 4.39 Å². The molecule has 72 valence electrons. The molecule has 0 aliphatic rings. The van der Waals surface area contributed by atoms with Crippen LogP contribution in [0.15, 0.2) is 12.1 Å². The maximum atomic E-state index is 13.1. The zero-order valence-corrected chi connectivity index (χ0v) is 7.29. The van der Waals surface area contributed by atoms with Gasteiger partial charge in [-0.2, -0.15) is 0 Å². The third kappa shape index (κ3) is 1.89. The summed E-state index contributed by atoms with van der Waals surface area (Å²) in [7, 11) is 0. The summed E-state index contributed by atoms with van der Waals surface area (Å²) in [5.41, 5.74) is 5.62. The first-order chi connectivity index (χ1) is 6.06. The Morgan fingerprint density at radius 1 is 1.46 bits per heavy atom. The Kier molecular flexibility index (Phi) is 2.72. The van der Waals surface area contributed by atoms with Crippen LogP contribution in [0.5, 0.6) is 11.5 Å². The molecule has 0 amide bonds. The number of hydrogen-bond donors (Lipinski definition) is 3. The molecule has 0 saturated carbocycles. The molecule has 13 heavy (non-hydrogen) atoms. The highest BCUT2D eigenvalue weighted by Crippen LogP contribution is 2.31. The minimum Gasteiger partial charge on any atom is -0.508 e. The smallest absolute Gasteiger partial charge is 0.135 e. The van der Waals surface area contributed by atoms with Crippen LogP contribution in [-0.4, -0.2) is 10.2 Å². The summed E-state index contributed by atoms with van der Waals surface area (Å²) >= 11 is 0. The second-order valence-electron chi connectivity index (χ2n) is 2.88. The van der Waals surface area contributed by atoms with Crippen LogP contribution >= 0.6 is 0 Å². The summed E-state index contributed by atoms with van der Waals surface area (Å²) in [6, 6.07) is 1.47. The summed E-state index contributed by atoms with van der Waals surface area (Å²) in [6.07, 6.45) is 0.523. The first-order valence-electron chi connectivity index (χ1n) is 4.03. The average Bonchev–Trinajstić information content (AvgIpc) is 2.02. The molecule has 0 fully saturated rings. The molecular weight excluding hydrogens is 173 g/mol. The molecular formula is C9H12FNO2. The molecule has 0 aliphatic carbocycles. The van der Waals surface area contributed by atoms with Crippen LogP contribution < -0.4 is 5.73 Å². The van der Waals surface area contributed by atoms with Crippen molar-refractivity contribution in [3.8, 4) is 11.5 Å². The van der Waals surface area contributed by atoms with Crippen molar-refractivity contribution < 1.29 is 14.6 Å². The molecule has 0 unspecified atom stereocenters. The van der Waals surface area contributed by atoms with Gasteiger partial charge in [0.1, 0.15) is 17.3 Å². The topological polar surface area (TPSA) is 66.5 Å². The fourth-order valence-electron chi connectivity index (χ4n) is 1.16. The van der Waals surface area contributed by atoms with E-state index in [9.17, 15) is 9.50 Å². The van der Waals surface area contributed by atoms with Gasteiger partial charge in [-0.3, -0.25) is 0 Å². The van der Waals surface area contributed by atoms with Crippen molar-refractivity contribution in [3.63, 3.8) is 0 Å². The SMILES string of the molecule is CC[C@@H](N)c1c(O)cc(O)cc1F. The molecule has 0 spiro atoms. The van der Waals surface area contributed by atoms with Gasteiger partial charge >= 0.3 is 0 Å². The lowest BCUT2D eigenvalue weighted by atomic mass is 10.0. The van der Waals surface area contributed by atoms with E-state index in [1.807, 2.05) is 0 Å². The van der Waals surface area contributed by atoms with Crippen LogP contribution in [0, 0.1) is 5.82 Å². The van der Waals surface area contributed by atoms with E-state index in [0.29, 0.717) is 6.42 Å². The molecule has 0 aliphatic heterocycles. The molecule has 0 aromatic heterocycles. The zero-order chi connectivity index (χ0) is 10.0. The van der Waals surface area contributed by atoms with E-state index in [-0.39, 0.29) is 17.1 Å². The quantitative estimate of drug-likeness (QED) is 0.656. The van der Waals surface area contributed by atoms with Crippen LogP contribution in [0.1, 0.15) is 24.9 Å². The Bertz CT molecular complexity index is 291. The van der Waals surface area contributed by atoms with Crippen LogP contribution in [0.2, 0.25) is 0 Å². The van der Waals surface area contributed by atoms with E-state index >= 15 is 0 Å². The fraction of sp³-hybridized carbons (Fsp3) is 0.333. The highest BCUT2D eigenvalue weighted by Gasteiger charge is 2.15. The largest absolute Gasteiger partial charge is 0.508 e. The Morgan fingerprint density at radius 3 is 2.54 bits per heavy atom. The maximum Gasteiger partial charge on any atom is 0.135 e. The lowest BCUT2D eigenvalue weighted by Gasteiger charge is -2.12. The van der Waals surface area contributed by atoms with Crippen molar-refractivity contribution in [1.82, 2.24) is 0 Å². The van der Waals surface area contributed by atoms with E-state index in [4.69, 9.17) is 10.8 Å². The van der Waals surface area contributed by atoms with Crippen molar-refractivity contribution in [2.75, 3.05) is 0 Å². The third-order valence-corrected chi connectivity index (χ3v) is 1.90. The number of rotatable bonds is 2. The standard InChI is InChI=1S/C9H12FNO2/c1-2-7(11)9-6(10)3-5(12)4-8(9)13/h3-4,7,12-13H,2,11H2,1H3/t7-/m1/s1. The van der Waals surface area contributed by atoms with Crippen LogP contribution in [-0.2, 0) is 0 Å². The van der Waals surface area contributed by atoms with Crippen molar-refractivity contribution in [2.45, 2.75) is 19.4 Å². The molecule has 0 heterocycles. The number of phenols is 2. The van der Waals surface area contributed by atoms with Gasteiger partial charge in [-0.05, 0) is 6.42 Å². The third-order valence-electron chi connectivity index (χ3n) is 1.90. The molecule has 1 atom stereocenters. The van der Waals surface area contributed by atoms with Crippen LogP contribution in [0.3, 0.4) is 0 Å². The Hall–Kier alpha value is -1.29. The normalized spacial score (nSPS) is 12.8. The predicted molar refractivity (Wildman–Crippen MR) is 46.9 cm³/mol. The van der Waals surface area contributed by atoms with Gasteiger partial charge in [-0.1, -0.05) is 6.92 Å². The second kappa shape index (κ2) is 3.62. The van der Waals surface area contributed by atoms with Crippen molar-refractivity contribution in [1.29, 1.82) is 0 Å². The molecule has 0 saturated heterocycles. The number of nitrogens with two attached hydrogens (primary N) is 1. The number of phenolic OH excluding ortho intramolecular Hbond substituents is 2. The molecule has 3 nitrogen and oxygen atoms in total. The van der Waals surface area contributed by atoms with E-state index < -0.39 is 11.9 Å². The average molecular weight is 185 g/mol. The summed E-state index contributed by atoms with van der Waals surface area (Å²) in [5.74, 6) is -1.28. The zero-order valence-electron chi connectivity index (χ0n) is 7.29. The van der Waals surface area contributed by atoms with E-state index in [0.717, 1.165) is 12.1 Å². The molecule has 4 N–H and O–H groups in total. The monoisotopic (exact) mass is 185 g/mol. The van der Waals surface area contributed by atoms with Gasteiger partial charge in [0.05, 0.1) is 0 Å². The highest BCUT2D eigenvalue weighted by atomic mass is 19.1. The lowest BCUT2D eigenvalue weighted by molar-refractivity contribution is 0.426. The van der Waals surface area contributed by atoms with E-state index in [1.165, 1.54) is 0 Å². The molecule has 4 heteroatoms. The minimum atomic E-state index is -0.674. The molecule has 1 rings (SSSR count).